The van der Waals surface area contributed by atoms with Crippen molar-refractivity contribution in [2.75, 3.05) is 5.43 Å². The van der Waals surface area contributed by atoms with E-state index in [2.05, 4.69) is 10.4 Å². The molecule has 1 aliphatic carbocycles. The standard InChI is InChI=1S/C12H17F2N3O/c13-9-7-10(14)12(16-11(9)17-15)18-8-5-3-1-2-4-6-8/h7-8H,1-6,15H2,(H,16,17). The van der Waals surface area contributed by atoms with Crippen molar-refractivity contribution in [3.05, 3.63) is 17.7 Å². The minimum atomic E-state index is -0.830. The Morgan fingerprint density at radius 1 is 1.17 bits per heavy atom. The zero-order chi connectivity index (χ0) is 13.0. The monoisotopic (exact) mass is 257 g/mol. The molecule has 1 aromatic rings. The van der Waals surface area contributed by atoms with Crippen LogP contribution in [-0.4, -0.2) is 11.1 Å². The van der Waals surface area contributed by atoms with Crippen molar-refractivity contribution in [3.8, 4) is 5.88 Å². The van der Waals surface area contributed by atoms with Crippen molar-refractivity contribution in [3.63, 3.8) is 0 Å². The van der Waals surface area contributed by atoms with Gasteiger partial charge in [0, 0.05) is 6.07 Å². The lowest BCUT2D eigenvalue weighted by Crippen LogP contribution is -2.18. The third-order valence-electron chi connectivity index (χ3n) is 3.11. The number of nitrogens with two attached hydrogens (primary N) is 1. The smallest absolute Gasteiger partial charge is 0.252 e. The molecule has 0 atom stereocenters. The van der Waals surface area contributed by atoms with E-state index in [4.69, 9.17) is 10.6 Å². The van der Waals surface area contributed by atoms with E-state index in [0.29, 0.717) is 0 Å². The number of aromatic nitrogens is 1. The summed E-state index contributed by atoms with van der Waals surface area (Å²) >= 11 is 0. The lowest BCUT2D eigenvalue weighted by molar-refractivity contribution is 0.167. The van der Waals surface area contributed by atoms with Crippen LogP contribution in [0.4, 0.5) is 14.6 Å². The summed E-state index contributed by atoms with van der Waals surface area (Å²) in [5.41, 5.74) is 2.08. The third-order valence-corrected chi connectivity index (χ3v) is 3.11. The Balaban J connectivity index is 2.12. The molecule has 3 N–H and O–H groups in total. The second-order valence-electron chi connectivity index (χ2n) is 4.48. The predicted molar refractivity (Wildman–Crippen MR) is 64.1 cm³/mol. The number of nitrogens with one attached hydrogen (secondary N) is 1. The number of anilines is 1. The highest BCUT2D eigenvalue weighted by Gasteiger charge is 2.18. The van der Waals surface area contributed by atoms with Crippen molar-refractivity contribution in [2.45, 2.75) is 44.6 Å². The molecule has 0 bridgehead atoms. The molecule has 6 heteroatoms. The van der Waals surface area contributed by atoms with Crippen LogP contribution in [0.15, 0.2) is 6.07 Å². The van der Waals surface area contributed by atoms with Crippen LogP contribution in [0.2, 0.25) is 0 Å². The molecule has 0 spiro atoms. The quantitative estimate of drug-likeness (QED) is 0.496. The van der Waals surface area contributed by atoms with Crippen LogP contribution in [-0.2, 0) is 0 Å². The first kappa shape index (κ1) is 13.0. The summed E-state index contributed by atoms with van der Waals surface area (Å²) in [7, 11) is 0. The number of nitrogens with zero attached hydrogens (tertiary/aromatic N) is 1. The zero-order valence-corrected chi connectivity index (χ0v) is 10.1. The fourth-order valence-corrected chi connectivity index (χ4v) is 2.15. The Kier molecular flexibility index (Phi) is 4.30. The van der Waals surface area contributed by atoms with E-state index >= 15 is 0 Å². The first-order valence-corrected chi connectivity index (χ1v) is 6.20. The van der Waals surface area contributed by atoms with E-state index < -0.39 is 11.6 Å². The maximum Gasteiger partial charge on any atom is 0.252 e. The molecule has 0 aliphatic heterocycles. The average Bonchev–Trinajstić information content (AvgIpc) is 2.61. The normalized spacial score (nSPS) is 17.3. The van der Waals surface area contributed by atoms with E-state index in [1.54, 1.807) is 0 Å². The molecule has 0 saturated heterocycles. The largest absolute Gasteiger partial charge is 0.472 e. The van der Waals surface area contributed by atoms with Gasteiger partial charge >= 0.3 is 0 Å². The summed E-state index contributed by atoms with van der Waals surface area (Å²) in [6, 6.07) is 0.730. The van der Waals surface area contributed by atoms with E-state index in [1.165, 1.54) is 12.8 Å². The summed E-state index contributed by atoms with van der Waals surface area (Å²) in [6.07, 6.45) is 6.19. The van der Waals surface area contributed by atoms with Crippen LogP contribution in [0.1, 0.15) is 38.5 Å². The topological polar surface area (TPSA) is 60.2 Å². The lowest BCUT2D eigenvalue weighted by Gasteiger charge is -2.17. The number of rotatable bonds is 3. The second-order valence-corrected chi connectivity index (χ2v) is 4.48. The molecular formula is C12H17F2N3O. The summed E-state index contributed by atoms with van der Waals surface area (Å²) in [4.78, 5) is 3.71. The Bertz CT molecular complexity index is 407. The van der Waals surface area contributed by atoms with E-state index in [9.17, 15) is 8.78 Å². The van der Waals surface area contributed by atoms with Crippen molar-refractivity contribution in [1.82, 2.24) is 4.98 Å². The summed E-state index contributed by atoms with van der Waals surface area (Å²) in [5.74, 6) is 3.08. The van der Waals surface area contributed by atoms with Crippen LogP contribution in [0.25, 0.3) is 0 Å². The van der Waals surface area contributed by atoms with E-state index in [-0.39, 0.29) is 17.8 Å². The summed E-state index contributed by atoms with van der Waals surface area (Å²) in [6.45, 7) is 0. The van der Waals surface area contributed by atoms with Gasteiger partial charge in [-0.3, -0.25) is 0 Å². The van der Waals surface area contributed by atoms with Crippen molar-refractivity contribution < 1.29 is 13.5 Å². The highest BCUT2D eigenvalue weighted by atomic mass is 19.1. The number of hydrogen-bond donors (Lipinski definition) is 2. The van der Waals surface area contributed by atoms with Gasteiger partial charge in [0.05, 0.1) is 0 Å². The molecule has 1 fully saturated rings. The zero-order valence-electron chi connectivity index (χ0n) is 10.1. The maximum absolute atomic E-state index is 13.5. The van der Waals surface area contributed by atoms with Crippen LogP contribution in [0, 0.1) is 11.6 Å². The molecule has 1 aromatic heterocycles. The molecule has 4 nitrogen and oxygen atoms in total. The first-order chi connectivity index (χ1) is 8.70. The average molecular weight is 257 g/mol. The van der Waals surface area contributed by atoms with Crippen LogP contribution in [0.5, 0.6) is 5.88 Å². The third kappa shape index (κ3) is 3.07. The van der Waals surface area contributed by atoms with Gasteiger partial charge in [-0.1, -0.05) is 12.8 Å². The van der Waals surface area contributed by atoms with Crippen molar-refractivity contribution in [1.29, 1.82) is 0 Å². The van der Waals surface area contributed by atoms with E-state index in [0.717, 1.165) is 31.7 Å². The Morgan fingerprint density at radius 2 is 1.83 bits per heavy atom. The Labute approximate surface area is 105 Å². The van der Waals surface area contributed by atoms with Crippen molar-refractivity contribution in [2.24, 2.45) is 5.84 Å². The number of hydrazine groups is 1. The number of halogens is 2. The minimum Gasteiger partial charge on any atom is -0.472 e. The van der Waals surface area contributed by atoms with Gasteiger partial charge in [-0.25, -0.2) is 14.6 Å². The molecular weight excluding hydrogens is 240 g/mol. The van der Waals surface area contributed by atoms with Gasteiger partial charge in [-0.15, -0.1) is 0 Å². The number of ether oxygens (including phenoxy) is 1. The molecule has 100 valence electrons. The molecule has 1 heterocycles. The predicted octanol–water partition coefficient (Wildman–Crippen LogP) is 2.75. The number of nitrogen functional groups attached to an aromatic ring is 1. The molecule has 0 amide bonds. The second kappa shape index (κ2) is 5.95. The highest BCUT2D eigenvalue weighted by Crippen LogP contribution is 2.25. The molecule has 0 aromatic carbocycles. The highest BCUT2D eigenvalue weighted by molar-refractivity contribution is 5.38. The fourth-order valence-electron chi connectivity index (χ4n) is 2.15. The molecule has 0 unspecified atom stereocenters. The minimum absolute atomic E-state index is 0.0504. The molecule has 18 heavy (non-hydrogen) atoms. The molecule has 2 rings (SSSR count). The number of pyridine rings is 1. The Morgan fingerprint density at radius 3 is 2.44 bits per heavy atom. The summed E-state index contributed by atoms with van der Waals surface area (Å²) in [5, 5.41) is 0. The van der Waals surface area contributed by atoms with Gasteiger partial charge in [0.1, 0.15) is 6.10 Å². The molecule has 0 radical (unpaired) electrons. The SMILES string of the molecule is NNc1nc(OC2CCCCCC2)c(F)cc1F. The van der Waals surface area contributed by atoms with Crippen LogP contribution < -0.4 is 16.0 Å². The van der Waals surface area contributed by atoms with Crippen molar-refractivity contribution >= 4 is 5.82 Å². The molecule has 1 saturated carbocycles. The lowest BCUT2D eigenvalue weighted by atomic mass is 10.1. The van der Waals surface area contributed by atoms with Gasteiger partial charge in [0.2, 0.25) is 0 Å². The summed E-state index contributed by atoms with van der Waals surface area (Å²) < 4.78 is 32.2. The van der Waals surface area contributed by atoms with Gasteiger partial charge < -0.3 is 10.2 Å². The maximum atomic E-state index is 13.5. The van der Waals surface area contributed by atoms with Gasteiger partial charge in [-0.2, -0.15) is 4.98 Å². The fraction of sp³-hybridized carbons (Fsp3) is 0.583. The van der Waals surface area contributed by atoms with Crippen LogP contribution in [0.3, 0.4) is 0 Å². The van der Waals surface area contributed by atoms with Gasteiger partial charge in [-0.05, 0) is 25.7 Å². The van der Waals surface area contributed by atoms with E-state index in [1.807, 2.05) is 0 Å². The number of hydrogen-bond acceptors (Lipinski definition) is 4. The molecule has 1 aliphatic rings. The Hall–Kier alpha value is -1.43. The van der Waals surface area contributed by atoms with Gasteiger partial charge in [0.15, 0.2) is 17.5 Å². The van der Waals surface area contributed by atoms with Crippen LogP contribution >= 0.6 is 0 Å². The first-order valence-electron chi connectivity index (χ1n) is 6.20. The van der Waals surface area contributed by atoms with Gasteiger partial charge in [0.25, 0.3) is 5.88 Å².